The average molecular weight is 168 g/mol. The van der Waals surface area contributed by atoms with Crippen molar-refractivity contribution in [3.05, 3.63) is 44.5 Å². The molecule has 0 aliphatic carbocycles. The van der Waals surface area contributed by atoms with Crippen LogP contribution in [-0.4, -0.2) is 9.85 Å². The van der Waals surface area contributed by atoms with E-state index < -0.39 is 9.85 Å². The van der Waals surface area contributed by atoms with Gasteiger partial charge in [0, 0.05) is 24.3 Å². The van der Waals surface area contributed by atoms with Gasteiger partial charge in [-0.05, 0) is 0 Å². The van der Waals surface area contributed by atoms with Gasteiger partial charge in [-0.1, -0.05) is 0 Å². The van der Waals surface area contributed by atoms with Gasteiger partial charge in [0.15, 0.2) is 0 Å². The molecule has 0 aliphatic heterocycles. The molecule has 0 spiro atoms. The van der Waals surface area contributed by atoms with Crippen LogP contribution >= 0.6 is 0 Å². The zero-order valence-electron chi connectivity index (χ0n) is 5.84. The lowest BCUT2D eigenvalue weighted by molar-refractivity contribution is -0.389. The number of nitro benzene ring substituents is 2. The Kier molecular flexibility index (Phi) is 2.00. The monoisotopic (exact) mass is 168 g/mol. The Morgan fingerprint density at radius 3 is 1.25 bits per heavy atom. The fraction of sp³-hybridized carbons (Fsp3) is 0. The van der Waals surface area contributed by atoms with E-state index in [-0.39, 0.29) is 11.4 Å². The third-order valence-electron chi connectivity index (χ3n) is 1.27. The van der Waals surface area contributed by atoms with Gasteiger partial charge in [0.1, 0.15) is 0 Å². The van der Waals surface area contributed by atoms with Crippen molar-refractivity contribution < 1.29 is 9.85 Å². The standard InChI is InChI=1S/C6H4N2O4/c9-7(10)5-1-2-6(4-3-5)8(11)12/h1-4H. The lowest BCUT2D eigenvalue weighted by Gasteiger charge is -1.90. The minimum Gasteiger partial charge on any atom is -0.258 e. The Hall–Kier alpha value is -1.98. The second-order valence-corrected chi connectivity index (χ2v) is 2.03. The van der Waals surface area contributed by atoms with Gasteiger partial charge in [0.05, 0.1) is 9.85 Å². The zero-order chi connectivity index (χ0) is 9.14. The molecule has 1 aromatic rings. The summed E-state index contributed by atoms with van der Waals surface area (Å²) in [7, 11) is 0. The maximum atomic E-state index is 10.1. The molecule has 1 aromatic carbocycles. The summed E-state index contributed by atoms with van der Waals surface area (Å²) in [4.78, 5) is 19.0. The van der Waals surface area contributed by atoms with Crippen molar-refractivity contribution in [3.8, 4) is 0 Å². The number of benzene rings is 1. The summed E-state index contributed by atoms with van der Waals surface area (Å²) >= 11 is 0. The minimum absolute atomic E-state index is 0.152. The predicted octanol–water partition coefficient (Wildman–Crippen LogP) is 1.50. The highest BCUT2D eigenvalue weighted by atomic mass is 16.6. The molecular formula is C6H4N2O4. The molecule has 0 N–H and O–H groups in total. The molecule has 0 heterocycles. The molecule has 0 saturated heterocycles. The van der Waals surface area contributed by atoms with Gasteiger partial charge in [-0.25, -0.2) is 0 Å². The van der Waals surface area contributed by atoms with E-state index in [9.17, 15) is 20.2 Å². The van der Waals surface area contributed by atoms with E-state index >= 15 is 0 Å². The Morgan fingerprint density at radius 2 is 1.08 bits per heavy atom. The van der Waals surface area contributed by atoms with E-state index in [1.54, 1.807) is 0 Å². The van der Waals surface area contributed by atoms with Crippen molar-refractivity contribution >= 4 is 11.4 Å². The van der Waals surface area contributed by atoms with E-state index in [4.69, 9.17) is 0 Å². The van der Waals surface area contributed by atoms with Crippen molar-refractivity contribution in [2.45, 2.75) is 0 Å². The molecule has 0 aliphatic rings. The van der Waals surface area contributed by atoms with Gasteiger partial charge in [-0.3, -0.25) is 20.2 Å². The SMILES string of the molecule is O=[N+]([O-])c1ccc([N+](=O)[O-])cc1. The molecule has 1 rings (SSSR count). The lowest BCUT2D eigenvalue weighted by Crippen LogP contribution is -1.90. The van der Waals surface area contributed by atoms with Crippen LogP contribution < -0.4 is 0 Å². The van der Waals surface area contributed by atoms with Crippen LogP contribution in [0.3, 0.4) is 0 Å². The molecule has 0 saturated carbocycles. The molecule has 12 heavy (non-hydrogen) atoms. The van der Waals surface area contributed by atoms with E-state index in [1.165, 1.54) is 0 Å². The Labute approximate surface area is 66.7 Å². The topological polar surface area (TPSA) is 86.3 Å². The zero-order valence-corrected chi connectivity index (χ0v) is 5.84. The molecule has 0 radical (unpaired) electrons. The van der Waals surface area contributed by atoms with Crippen LogP contribution in [0.4, 0.5) is 11.4 Å². The highest BCUT2D eigenvalue weighted by Crippen LogP contribution is 2.16. The molecule has 0 fully saturated rings. The second-order valence-electron chi connectivity index (χ2n) is 2.03. The first kappa shape index (κ1) is 8.12. The van der Waals surface area contributed by atoms with Gasteiger partial charge in [-0.2, -0.15) is 0 Å². The summed E-state index contributed by atoms with van der Waals surface area (Å²) in [5, 5.41) is 20.2. The van der Waals surface area contributed by atoms with Gasteiger partial charge in [0.2, 0.25) is 0 Å². The summed E-state index contributed by atoms with van der Waals surface area (Å²) in [6.07, 6.45) is 0. The number of nitrogens with zero attached hydrogens (tertiary/aromatic N) is 2. The van der Waals surface area contributed by atoms with Gasteiger partial charge in [0.25, 0.3) is 11.4 Å². The first-order valence-corrected chi connectivity index (χ1v) is 3.00. The largest absolute Gasteiger partial charge is 0.269 e. The van der Waals surface area contributed by atoms with Gasteiger partial charge in [-0.15, -0.1) is 0 Å². The van der Waals surface area contributed by atoms with Crippen LogP contribution in [0, 0.1) is 20.2 Å². The number of non-ortho nitro benzene ring substituents is 2. The molecular weight excluding hydrogens is 164 g/mol. The Balaban J connectivity index is 3.01. The van der Waals surface area contributed by atoms with Crippen LogP contribution in [0.15, 0.2) is 24.3 Å². The van der Waals surface area contributed by atoms with Crippen molar-refractivity contribution in [1.82, 2.24) is 0 Å². The fourth-order valence-electron chi connectivity index (χ4n) is 0.696. The van der Waals surface area contributed by atoms with Crippen LogP contribution in [0.1, 0.15) is 0 Å². The minimum atomic E-state index is -0.607. The number of hydrogen-bond donors (Lipinski definition) is 0. The normalized spacial score (nSPS) is 9.33. The Bertz CT molecular complexity index is 286. The number of nitro groups is 2. The number of rotatable bonds is 2. The van der Waals surface area contributed by atoms with Crippen LogP contribution in [0.5, 0.6) is 0 Å². The van der Waals surface area contributed by atoms with Crippen molar-refractivity contribution in [1.29, 1.82) is 0 Å². The van der Waals surface area contributed by atoms with Crippen molar-refractivity contribution in [3.63, 3.8) is 0 Å². The Morgan fingerprint density at radius 1 is 0.833 bits per heavy atom. The molecule has 6 heteroatoms. The fourth-order valence-corrected chi connectivity index (χ4v) is 0.696. The van der Waals surface area contributed by atoms with E-state index in [0.29, 0.717) is 0 Å². The van der Waals surface area contributed by atoms with Gasteiger partial charge >= 0.3 is 0 Å². The van der Waals surface area contributed by atoms with Crippen LogP contribution in [-0.2, 0) is 0 Å². The molecule has 0 unspecified atom stereocenters. The maximum Gasteiger partial charge on any atom is 0.269 e. The van der Waals surface area contributed by atoms with E-state index in [0.717, 1.165) is 24.3 Å². The lowest BCUT2D eigenvalue weighted by atomic mass is 10.3. The average Bonchev–Trinajstić information content (AvgIpc) is 2.04. The third-order valence-corrected chi connectivity index (χ3v) is 1.27. The third kappa shape index (κ3) is 1.54. The molecule has 0 amide bonds. The molecule has 0 aromatic heterocycles. The predicted molar refractivity (Wildman–Crippen MR) is 39.8 cm³/mol. The molecule has 62 valence electrons. The molecule has 0 atom stereocenters. The van der Waals surface area contributed by atoms with Crippen molar-refractivity contribution in [2.75, 3.05) is 0 Å². The summed E-state index contributed by atoms with van der Waals surface area (Å²) in [6, 6.07) is 4.38. The highest BCUT2D eigenvalue weighted by Gasteiger charge is 2.08. The quantitative estimate of drug-likeness (QED) is 0.494. The van der Waals surface area contributed by atoms with E-state index in [1.807, 2.05) is 0 Å². The first-order chi connectivity index (χ1) is 5.61. The highest BCUT2D eigenvalue weighted by molar-refractivity contribution is 5.39. The van der Waals surface area contributed by atoms with Crippen molar-refractivity contribution in [2.24, 2.45) is 0 Å². The number of hydrogen-bond acceptors (Lipinski definition) is 4. The van der Waals surface area contributed by atoms with Crippen LogP contribution in [0.25, 0.3) is 0 Å². The van der Waals surface area contributed by atoms with E-state index in [2.05, 4.69) is 0 Å². The second kappa shape index (κ2) is 2.95. The van der Waals surface area contributed by atoms with Crippen LogP contribution in [0.2, 0.25) is 0 Å². The summed E-state index contributed by atoms with van der Waals surface area (Å²) in [5.41, 5.74) is -0.304. The smallest absolute Gasteiger partial charge is 0.258 e. The first-order valence-electron chi connectivity index (χ1n) is 3.00. The molecule has 6 nitrogen and oxygen atoms in total. The van der Waals surface area contributed by atoms with Gasteiger partial charge < -0.3 is 0 Å². The maximum absolute atomic E-state index is 10.1. The summed E-state index contributed by atoms with van der Waals surface area (Å²) in [5.74, 6) is 0. The summed E-state index contributed by atoms with van der Waals surface area (Å²) < 4.78 is 0. The summed E-state index contributed by atoms with van der Waals surface area (Å²) in [6.45, 7) is 0. The molecule has 0 bridgehead atoms.